The lowest BCUT2D eigenvalue weighted by molar-refractivity contribution is 0.196. The van der Waals surface area contributed by atoms with Crippen molar-refractivity contribution < 1.29 is 8.42 Å². The Morgan fingerprint density at radius 1 is 1.38 bits per heavy atom. The molecule has 0 amide bonds. The number of nitrogens with zero attached hydrogens (tertiary/aromatic N) is 2. The maximum absolute atomic E-state index is 12.8. The van der Waals surface area contributed by atoms with Gasteiger partial charge < -0.3 is 10.2 Å². The molecule has 2 rings (SSSR count). The largest absolute Gasteiger partial charge is 0.315 e. The van der Waals surface area contributed by atoms with Crippen LogP contribution in [0.3, 0.4) is 0 Å². The Kier molecular flexibility index (Phi) is 5.43. The van der Waals surface area contributed by atoms with Crippen LogP contribution in [0.5, 0.6) is 0 Å². The summed E-state index contributed by atoms with van der Waals surface area (Å²) in [5, 5.41) is 3.07. The van der Waals surface area contributed by atoms with Crippen molar-refractivity contribution in [3.63, 3.8) is 0 Å². The molecular weight excluding hydrogens is 306 g/mol. The predicted molar refractivity (Wildman–Crippen MR) is 87.3 cm³/mol. The highest BCUT2D eigenvalue weighted by atomic mass is 32.2. The van der Waals surface area contributed by atoms with Gasteiger partial charge in [0.25, 0.3) is 0 Å². The molecule has 1 N–H and O–H groups in total. The van der Waals surface area contributed by atoms with Crippen LogP contribution in [0.2, 0.25) is 0 Å². The van der Waals surface area contributed by atoms with Gasteiger partial charge >= 0.3 is 0 Å². The zero-order chi connectivity index (χ0) is 15.6. The molecule has 0 radical (unpaired) electrons. The van der Waals surface area contributed by atoms with Crippen LogP contribution in [0, 0.1) is 6.92 Å². The number of hydrogen-bond donors (Lipinski definition) is 1. The molecule has 0 aromatic carbocycles. The lowest BCUT2D eigenvalue weighted by Crippen LogP contribution is -2.44. The van der Waals surface area contributed by atoms with E-state index in [-0.39, 0.29) is 0 Å². The number of hydrogen-bond acceptors (Lipinski definition) is 5. The fourth-order valence-electron chi connectivity index (χ4n) is 2.78. The fourth-order valence-corrected chi connectivity index (χ4v) is 5.87. The van der Waals surface area contributed by atoms with Crippen LogP contribution in [-0.4, -0.2) is 57.9 Å². The maximum Gasteiger partial charge on any atom is 0.244 e. The van der Waals surface area contributed by atoms with Gasteiger partial charge in [-0.15, -0.1) is 11.3 Å². The quantitative estimate of drug-likeness (QED) is 0.888. The Balaban J connectivity index is 2.15. The van der Waals surface area contributed by atoms with Crippen LogP contribution in [0.15, 0.2) is 11.0 Å². The van der Waals surface area contributed by atoms with Gasteiger partial charge in [0, 0.05) is 35.4 Å². The van der Waals surface area contributed by atoms with Gasteiger partial charge in [0.15, 0.2) is 0 Å². The van der Waals surface area contributed by atoms with Gasteiger partial charge in [0.05, 0.1) is 4.90 Å². The van der Waals surface area contributed by atoms with Crippen molar-refractivity contribution in [1.82, 2.24) is 14.5 Å². The minimum absolute atomic E-state index is 0.486. The van der Waals surface area contributed by atoms with Crippen LogP contribution in [0.25, 0.3) is 0 Å². The summed E-state index contributed by atoms with van der Waals surface area (Å²) in [7, 11) is 2.64. The number of rotatable bonds is 5. The summed E-state index contributed by atoms with van der Waals surface area (Å²) in [5.74, 6) is 0. The Bertz CT molecular complexity index is 573. The van der Waals surface area contributed by atoms with Gasteiger partial charge in [-0.2, -0.15) is 4.31 Å². The molecule has 0 atom stereocenters. The second-order valence-electron chi connectivity index (χ2n) is 5.76. The molecule has 0 unspecified atom stereocenters. The van der Waals surface area contributed by atoms with Crippen molar-refractivity contribution in [3.05, 3.63) is 15.8 Å². The van der Waals surface area contributed by atoms with Gasteiger partial charge in [-0.25, -0.2) is 8.42 Å². The Morgan fingerprint density at radius 2 is 2.00 bits per heavy atom. The lowest BCUT2D eigenvalue weighted by Gasteiger charge is -2.34. The van der Waals surface area contributed by atoms with E-state index in [9.17, 15) is 8.42 Å². The minimum Gasteiger partial charge on any atom is -0.315 e. The predicted octanol–water partition coefficient (Wildman–Crippen LogP) is 1.49. The first-order chi connectivity index (χ1) is 9.86. The Labute approximate surface area is 132 Å². The normalized spacial score (nSPS) is 18.5. The van der Waals surface area contributed by atoms with E-state index in [1.165, 1.54) is 0 Å². The second-order valence-corrected chi connectivity index (χ2v) is 9.01. The highest BCUT2D eigenvalue weighted by Crippen LogP contribution is 2.30. The van der Waals surface area contributed by atoms with Crippen molar-refractivity contribution in [2.45, 2.75) is 37.2 Å². The molecule has 1 saturated heterocycles. The van der Waals surface area contributed by atoms with E-state index < -0.39 is 10.0 Å². The van der Waals surface area contributed by atoms with Crippen molar-refractivity contribution in [1.29, 1.82) is 0 Å². The van der Waals surface area contributed by atoms with E-state index in [0.717, 1.165) is 22.6 Å². The summed E-state index contributed by atoms with van der Waals surface area (Å²) in [6.07, 6.45) is 1.80. The minimum atomic E-state index is -3.34. The Hall–Kier alpha value is -0.470. The van der Waals surface area contributed by atoms with Gasteiger partial charge in [-0.1, -0.05) is 0 Å². The van der Waals surface area contributed by atoms with Crippen molar-refractivity contribution >= 4 is 21.4 Å². The van der Waals surface area contributed by atoms with Crippen LogP contribution in [0.4, 0.5) is 0 Å². The number of nitrogens with one attached hydrogen (secondary N) is 1. The first kappa shape index (κ1) is 16.9. The van der Waals surface area contributed by atoms with Crippen LogP contribution in [-0.2, 0) is 16.6 Å². The molecule has 0 aliphatic carbocycles. The van der Waals surface area contributed by atoms with Gasteiger partial charge in [0.2, 0.25) is 10.0 Å². The monoisotopic (exact) mass is 331 g/mol. The third kappa shape index (κ3) is 3.65. The highest BCUT2D eigenvalue weighted by molar-refractivity contribution is 7.89. The van der Waals surface area contributed by atoms with E-state index in [1.807, 2.05) is 20.0 Å². The molecule has 0 spiro atoms. The first-order valence-corrected chi connectivity index (χ1v) is 9.52. The molecule has 0 saturated carbocycles. The average Bonchev–Trinajstić information content (AvgIpc) is 2.81. The van der Waals surface area contributed by atoms with E-state index in [0.29, 0.717) is 30.6 Å². The second kappa shape index (κ2) is 6.75. The zero-order valence-corrected chi connectivity index (χ0v) is 14.9. The number of thiophene rings is 1. The summed E-state index contributed by atoms with van der Waals surface area (Å²) < 4.78 is 27.2. The molecule has 0 bridgehead atoms. The molecule has 1 aromatic rings. The molecular formula is C14H25N3O2S2. The number of aryl methyl sites for hydroxylation is 1. The summed E-state index contributed by atoms with van der Waals surface area (Å²) in [5.41, 5.74) is 0. The topological polar surface area (TPSA) is 52.7 Å². The van der Waals surface area contributed by atoms with Gasteiger partial charge in [-0.3, -0.25) is 0 Å². The van der Waals surface area contributed by atoms with E-state index in [4.69, 9.17) is 0 Å². The third-order valence-corrected chi connectivity index (χ3v) is 7.25. The molecule has 1 aliphatic heterocycles. The standard InChI is InChI=1S/C14H25N3O2S2/c1-11-14(9-13(20-11)10-15-2)21(18,19)17-7-5-12(6-8-17)16(3)4/h9,12,15H,5-8,10H2,1-4H3. The van der Waals surface area contributed by atoms with E-state index in [1.54, 1.807) is 15.6 Å². The molecule has 1 aliphatic rings. The summed E-state index contributed by atoms with van der Waals surface area (Å²) in [6, 6.07) is 2.31. The molecule has 120 valence electrons. The van der Waals surface area contributed by atoms with Crippen molar-refractivity contribution in [2.75, 3.05) is 34.2 Å². The summed E-state index contributed by atoms with van der Waals surface area (Å²) >= 11 is 1.56. The van der Waals surface area contributed by atoms with Crippen molar-refractivity contribution in [2.24, 2.45) is 0 Å². The highest BCUT2D eigenvalue weighted by Gasteiger charge is 2.31. The number of sulfonamides is 1. The molecule has 5 nitrogen and oxygen atoms in total. The van der Waals surface area contributed by atoms with Gasteiger partial charge in [-0.05, 0) is 47.0 Å². The first-order valence-electron chi connectivity index (χ1n) is 7.26. The number of piperidine rings is 1. The van der Waals surface area contributed by atoms with Crippen LogP contribution in [0.1, 0.15) is 22.6 Å². The van der Waals surface area contributed by atoms with E-state index >= 15 is 0 Å². The fraction of sp³-hybridized carbons (Fsp3) is 0.714. The summed E-state index contributed by atoms with van der Waals surface area (Å²) in [4.78, 5) is 4.62. The van der Waals surface area contributed by atoms with Crippen molar-refractivity contribution in [3.8, 4) is 0 Å². The third-order valence-electron chi connectivity index (χ3n) is 4.05. The summed E-state index contributed by atoms with van der Waals surface area (Å²) in [6.45, 7) is 3.83. The van der Waals surface area contributed by atoms with Crippen LogP contribution < -0.4 is 5.32 Å². The maximum atomic E-state index is 12.8. The van der Waals surface area contributed by atoms with Crippen LogP contribution >= 0.6 is 11.3 Å². The molecule has 2 heterocycles. The Morgan fingerprint density at radius 3 is 2.52 bits per heavy atom. The van der Waals surface area contributed by atoms with E-state index in [2.05, 4.69) is 24.3 Å². The molecule has 1 fully saturated rings. The van der Waals surface area contributed by atoms with Gasteiger partial charge in [0.1, 0.15) is 0 Å². The molecule has 1 aromatic heterocycles. The molecule has 21 heavy (non-hydrogen) atoms. The average molecular weight is 332 g/mol. The SMILES string of the molecule is CNCc1cc(S(=O)(=O)N2CCC(N(C)C)CC2)c(C)s1. The lowest BCUT2D eigenvalue weighted by atomic mass is 10.1. The zero-order valence-electron chi connectivity index (χ0n) is 13.2. The molecule has 7 heteroatoms. The smallest absolute Gasteiger partial charge is 0.244 e.